The third-order valence-electron chi connectivity index (χ3n) is 4.37. The number of carbonyl (C=O) groups excluding carboxylic acids is 1. The number of ether oxygens (including phenoxy) is 2. The van der Waals surface area contributed by atoms with E-state index in [1.807, 2.05) is 12.1 Å². The van der Waals surface area contributed by atoms with Crippen LogP contribution >= 0.6 is 24.0 Å². The maximum absolute atomic E-state index is 11.1. The second-order valence-electron chi connectivity index (χ2n) is 6.40. The molecule has 0 unspecified atom stereocenters. The van der Waals surface area contributed by atoms with E-state index >= 15 is 0 Å². The molecule has 0 bridgehead atoms. The van der Waals surface area contributed by atoms with Gasteiger partial charge in [0.25, 0.3) is 0 Å². The zero-order chi connectivity index (χ0) is 18.6. The number of nitrogens with one attached hydrogen (secondary N) is 2. The Morgan fingerprint density at radius 1 is 1.26 bits per heavy atom. The number of rotatable bonds is 9. The van der Waals surface area contributed by atoms with Crippen LogP contribution in [0.4, 0.5) is 0 Å². The van der Waals surface area contributed by atoms with Crippen molar-refractivity contribution in [2.24, 2.45) is 16.6 Å². The molecule has 0 atom stereocenters. The van der Waals surface area contributed by atoms with Gasteiger partial charge in [0.1, 0.15) is 0 Å². The molecule has 0 aromatic heterocycles. The molecule has 1 aliphatic heterocycles. The van der Waals surface area contributed by atoms with E-state index in [0.29, 0.717) is 18.0 Å². The summed E-state index contributed by atoms with van der Waals surface area (Å²) in [4.78, 5) is 15.3. The quantitative estimate of drug-likeness (QED) is 0.213. The SMILES string of the molecule is CN=C(NCCCOCC1CCOCC1)NCc1ccc(C(N)=O)cc1.I. The van der Waals surface area contributed by atoms with Gasteiger partial charge in [0.15, 0.2) is 5.96 Å². The number of carbonyl (C=O) groups is 1. The second kappa shape index (κ2) is 13.7. The third-order valence-corrected chi connectivity index (χ3v) is 4.37. The molecule has 0 radical (unpaired) electrons. The van der Waals surface area contributed by atoms with Crippen molar-refractivity contribution in [2.75, 3.05) is 40.0 Å². The van der Waals surface area contributed by atoms with Gasteiger partial charge in [-0.3, -0.25) is 9.79 Å². The predicted octanol–water partition coefficient (Wildman–Crippen LogP) is 1.90. The molecule has 1 aliphatic rings. The van der Waals surface area contributed by atoms with Crippen molar-refractivity contribution in [1.29, 1.82) is 0 Å². The number of primary amides is 1. The largest absolute Gasteiger partial charge is 0.381 e. The van der Waals surface area contributed by atoms with Crippen LogP contribution in [0.5, 0.6) is 0 Å². The molecule has 1 saturated heterocycles. The molecule has 4 N–H and O–H groups in total. The number of benzene rings is 1. The minimum atomic E-state index is -0.416. The molecule has 1 aromatic carbocycles. The van der Waals surface area contributed by atoms with Gasteiger partial charge in [-0.2, -0.15) is 0 Å². The van der Waals surface area contributed by atoms with Gasteiger partial charge in [-0.15, -0.1) is 24.0 Å². The van der Waals surface area contributed by atoms with Gasteiger partial charge in [-0.05, 0) is 42.9 Å². The van der Waals surface area contributed by atoms with Crippen molar-refractivity contribution < 1.29 is 14.3 Å². The molecule has 8 heteroatoms. The van der Waals surface area contributed by atoms with E-state index in [-0.39, 0.29) is 24.0 Å². The second-order valence-corrected chi connectivity index (χ2v) is 6.40. The summed E-state index contributed by atoms with van der Waals surface area (Å²) in [6.07, 6.45) is 3.14. The summed E-state index contributed by atoms with van der Waals surface area (Å²) in [5, 5.41) is 6.52. The van der Waals surface area contributed by atoms with Gasteiger partial charge in [0.2, 0.25) is 5.91 Å². The molecule has 0 spiro atoms. The summed E-state index contributed by atoms with van der Waals surface area (Å²) in [6, 6.07) is 7.21. The van der Waals surface area contributed by atoms with Crippen molar-refractivity contribution in [2.45, 2.75) is 25.8 Å². The highest BCUT2D eigenvalue weighted by Gasteiger charge is 2.13. The first kappa shape index (κ1) is 23.6. The van der Waals surface area contributed by atoms with Crippen LogP contribution in [0.25, 0.3) is 0 Å². The maximum Gasteiger partial charge on any atom is 0.248 e. The zero-order valence-corrected chi connectivity index (χ0v) is 18.2. The highest BCUT2D eigenvalue weighted by Crippen LogP contribution is 2.14. The molecule has 0 aliphatic carbocycles. The normalized spacial score (nSPS) is 15.1. The van der Waals surface area contributed by atoms with E-state index in [0.717, 1.165) is 63.8 Å². The van der Waals surface area contributed by atoms with E-state index in [2.05, 4.69) is 15.6 Å². The summed E-state index contributed by atoms with van der Waals surface area (Å²) in [5.41, 5.74) is 6.80. The fourth-order valence-electron chi connectivity index (χ4n) is 2.74. The van der Waals surface area contributed by atoms with E-state index < -0.39 is 5.91 Å². The highest BCUT2D eigenvalue weighted by atomic mass is 127. The summed E-state index contributed by atoms with van der Waals surface area (Å²) < 4.78 is 11.1. The number of nitrogens with zero attached hydrogens (tertiary/aromatic N) is 1. The molecule has 1 aromatic rings. The lowest BCUT2D eigenvalue weighted by atomic mass is 10.0. The fourth-order valence-corrected chi connectivity index (χ4v) is 2.74. The topological polar surface area (TPSA) is 98.0 Å². The van der Waals surface area contributed by atoms with Crippen LogP contribution in [0.3, 0.4) is 0 Å². The van der Waals surface area contributed by atoms with Gasteiger partial charge in [0.05, 0.1) is 0 Å². The first-order valence-electron chi connectivity index (χ1n) is 9.18. The lowest BCUT2D eigenvalue weighted by Crippen LogP contribution is -2.37. The standard InChI is InChI=1S/C19H30N4O3.HI/c1-21-19(23-13-15-3-5-17(6-4-15)18(20)24)22-9-2-10-26-14-16-7-11-25-12-8-16;/h3-6,16H,2,7-14H2,1H3,(H2,20,24)(H2,21,22,23);1H. The molecule has 27 heavy (non-hydrogen) atoms. The van der Waals surface area contributed by atoms with E-state index in [4.69, 9.17) is 15.2 Å². The van der Waals surface area contributed by atoms with Crippen molar-refractivity contribution in [1.82, 2.24) is 10.6 Å². The third kappa shape index (κ3) is 9.39. The minimum Gasteiger partial charge on any atom is -0.381 e. The van der Waals surface area contributed by atoms with Gasteiger partial charge < -0.3 is 25.8 Å². The Labute approximate surface area is 178 Å². The molecule has 0 saturated carbocycles. The Morgan fingerprint density at radius 3 is 2.59 bits per heavy atom. The molecule has 7 nitrogen and oxygen atoms in total. The Kier molecular flexibility index (Phi) is 12.0. The average molecular weight is 490 g/mol. The smallest absolute Gasteiger partial charge is 0.248 e. The van der Waals surface area contributed by atoms with Crippen LogP contribution in [0.15, 0.2) is 29.3 Å². The van der Waals surface area contributed by atoms with Gasteiger partial charge in [-0.25, -0.2) is 0 Å². The molecular weight excluding hydrogens is 459 g/mol. The number of hydrogen-bond donors (Lipinski definition) is 3. The molecule has 1 heterocycles. The van der Waals surface area contributed by atoms with Crippen molar-refractivity contribution >= 4 is 35.8 Å². The Bertz CT molecular complexity index is 575. The van der Waals surface area contributed by atoms with E-state index in [9.17, 15) is 4.79 Å². The van der Waals surface area contributed by atoms with Crippen molar-refractivity contribution in [3.05, 3.63) is 35.4 Å². The van der Waals surface area contributed by atoms with Gasteiger partial charge >= 0.3 is 0 Å². The number of hydrogen-bond acceptors (Lipinski definition) is 4. The van der Waals surface area contributed by atoms with E-state index in [1.165, 1.54) is 0 Å². The van der Waals surface area contributed by atoms with Crippen LogP contribution in [0.1, 0.15) is 35.2 Å². The van der Waals surface area contributed by atoms with Gasteiger partial charge in [-0.1, -0.05) is 12.1 Å². The predicted molar refractivity (Wildman–Crippen MR) is 118 cm³/mol. The van der Waals surface area contributed by atoms with Crippen LogP contribution in [0.2, 0.25) is 0 Å². The Balaban J connectivity index is 0.00000364. The number of guanidine groups is 1. The summed E-state index contributed by atoms with van der Waals surface area (Å²) in [6.45, 7) is 4.73. The van der Waals surface area contributed by atoms with Crippen LogP contribution in [-0.2, 0) is 16.0 Å². The van der Waals surface area contributed by atoms with E-state index in [1.54, 1.807) is 19.2 Å². The van der Waals surface area contributed by atoms with Crippen LogP contribution in [0, 0.1) is 5.92 Å². The first-order valence-corrected chi connectivity index (χ1v) is 9.18. The van der Waals surface area contributed by atoms with Crippen LogP contribution in [-0.4, -0.2) is 51.9 Å². The van der Waals surface area contributed by atoms with Crippen molar-refractivity contribution in [3.63, 3.8) is 0 Å². The number of halogens is 1. The number of nitrogens with two attached hydrogens (primary N) is 1. The summed E-state index contributed by atoms with van der Waals surface area (Å²) in [5.74, 6) is 0.974. The molecule has 1 amide bonds. The lowest BCUT2D eigenvalue weighted by molar-refractivity contribution is 0.0203. The molecule has 2 rings (SSSR count). The number of aliphatic imine (C=N–C) groups is 1. The number of amides is 1. The monoisotopic (exact) mass is 490 g/mol. The average Bonchev–Trinajstić information content (AvgIpc) is 2.68. The molecule has 152 valence electrons. The van der Waals surface area contributed by atoms with Gasteiger partial charge in [0, 0.05) is 52.1 Å². The highest BCUT2D eigenvalue weighted by molar-refractivity contribution is 14.0. The molecule has 1 fully saturated rings. The first-order chi connectivity index (χ1) is 12.7. The lowest BCUT2D eigenvalue weighted by Gasteiger charge is -2.21. The maximum atomic E-state index is 11.1. The zero-order valence-electron chi connectivity index (χ0n) is 15.9. The Hall–Kier alpha value is -1.39. The minimum absolute atomic E-state index is 0. The summed E-state index contributed by atoms with van der Waals surface area (Å²) in [7, 11) is 1.74. The Morgan fingerprint density at radius 2 is 1.96 bits per heavy atom. The van der Waals surface area contributed by atoms with Crippen molar-refractivity contribution in [3.8, 4) is 0 Å². The fraction of sp³-hybridized carbons (Fsp3) is 0.579. The summed E-state index contributed by atoms with van der Waals surface area (Å²) >= 11 is 0. The van der Waals surface area contributed by atoms with Crippen LogP contribution < -0.4 is 16.4 Å². The molecular formula is C19H31IN4O3.